The fourth-order valence-corrected chi connectivity index (χ4v) is 4.00. The van der Waals surface area contributed by atoms with Gasteiger partial charge in [0, 0.05) is 27.2 Å². The van der Waals surface area contributed by atoms with Gasteiger partial charge < -0.3 is 5.32 Å². The number of allylic oxidation sites excluding steroid dienone is 1. The molecule has 144 valence electrons. The summed E-state index contributed by atoms with van der Waals surface area (Å²) in [6.07, 6.45) is 3.80. The van der Waals surface area contributed by atoms with E-state index in [1.54, 1.807) is 17.8 Å². The summed E-state index contributed by atoms with van der Waals surface area (Å²) in [5, 5.41) is 12.2. The number of benzene rings is 2. The van der Waals surface area contributed by atoms with E-state index in [4.69, 9.17) is 0 Å². The number of aromatic nitrogens is 3. The third-order valence-electron chi connectivity index (χ3n) is 3.82. The maximum atomic E-state index is 12.3. The van der Waals surface area contributed by atoms with Crippen LogP contribution in [0.5, 0.6) is 0 Å². The fourth-order valence-electron chi connectivity index (χ4n) is 2.53. The summed E-state index contributed by atoms with van der Waals surface area (Å²) in [7, 11) is 0. The van der Waals surface area contributed by atoms with Crippen LogP contribution >= 0.6 is 39.5 Å². The molecule has 1 amide bonds. The van der Waals surface area contributed by atoms with Crippen molar-refractivity contribution in [1.29, 1.82) is 0 Å². The molecule has 8 heteroatoms. The number of rotatable bonds is 8. The fraction of sp³-hybridized carbons (Fsp3) is 0.150. The Morgan fingerprint density at radius 3 is 2.75 bits per heavy atom. The number of anilines is 1. The minimum Gasteiger partial charge on any atom is -0.325 e. The van der Waals surface area contributed by atoms with E-state index in [0.717, 1.165) is 26.4 Å². The molecule has 1 aromatic heterocycles. The molecule has 1 heterocycles. The van der Waals surface area contributed by atoms with Gasteiger partial charge >= 0.3 is 0 Å². The average Bonchev–Trinajstić information content (AvgIpc) is 3.10. The first-order chi connectivity index (χ1) is 13.6. The predicted octanol–water partition coefficient (Wildman–Crippen LogP) is 5.35. The molecule has 0 bridgehead atoms. The summed E-state index contributed by atoms with van der Waals surface area (Å²) < 4.78 is 2.96. The second kappa shape index (κ2) is 9.95. The summed E-state index contributed by atoms with van der Waals surface area (Å²) in [6.45, 7) is 4.39. The molecule has 1 N–H and O–H groups in total. The van der Waals surface area contributed by atoms with Gasteiger partial charge in [-0.1, -0.05) is 52.0 Å². The summed E-state index contributed by atoms with van der Waals surface area (Å²) in [5.41, 5.74) is 1.75. The summed E-state index contributed by atoms with van der Waals surface area (Å²) in [4.78, 5) is 13.5. The van der Waals surface area contributed by atoms with Gasteiger partial charge in [0.25, 0.3) is 0 Å². The summed E-state index contributed by atoms with van der Waals surface area (Å²) in [5.74, 6) is 0.920. The molecule has 0 aliphatic heterocycles. The van der Waals surface area contributed by atoms with Crippen molar-refractivity contribution in [2.45, 2.75) is 16.6 Å². The van der Waals surface area contributed by atoms with Gasteiger partial charge in [0.15, 0.2) is 11.0 Å². The van der Waals surface area contributed by atoms with Crippen molar-refractivity contribution < 1.29 is 4.79 Å². The van der Waals surface area contributed by atoms with Crippen LogP contribution < -0.4 is 5.32 Å². The van der Waals surface area contributed by atoms with Gasteiger partial charge in [-0.2, -0.15) is 0 Å². The third kappa shape index (κ3) is 5.27. The number of thioether (sulfide) groups is 2. The van der Waals surface area contributed by atoms with Crippen molar-refractivity contribution in [3.05, 3.63) is 65.7 Å². The van der Waals surface area contributed by atoms with Crippen LogP contribution in [-0.2, 0) is 11.3 Å². The number of nitrogens with zero attached hydrogens (tertiary/aromatic N) is 3. The van der Waals surface area contributed by atoms with Crippen LogP contribution in [0.15, 0.2) is 75.7 Å². The molecule has 3 aromatic rings. The van der Waals surface area contributed by atoms with E-state index in [1.165, 1.54) is 11.8 Å². The van der Waals surface area contributed by atoms with Crippen LogP contribution in [-0.4, -0.2) is 32.7 Å². The zero-order valence-electron chi connectivity index (χ0n) is 15.3. The Labute approximate surface area is 181 Å². The van der Waals surface area contributed by atoms with E-state index < -0.39 is 0 Å². The number of amides is 1. The van der Waals surface area contributed by atoms with Gasteiger partial charge in [0.05, 0.1) is 5.75 Å². The molecule has 0 spiro atoms. The zero-order valence-corrected chi connectivity index (χ0v) is 18.5. The van der Waals surface area contributed by atoms with E-state index >= 15 is 0 Å². The van der Waals surface area contributed by atoms with Crippen molar-refractivity contribution in [3.8, 4) is 11.4 Å². The standard InChI is InChI=1S/C20H19BrN4OS2/c1-3-11-25-19(14-7-9-15(21)10-8-14)23-24-20(25)28-13-18(26)22-16-5-4-6-17(12-16)27-2/h3-10,12H,1,11,13H2,2H3,(H,22,26). The Hall–Kier alpha value is -2.03. The Kier molecular flexibility index (Phi) is 7.36. The quantitative estimate of drug-likeness (QED) is 0.352. The van der Waals surface area contributed by atoms with E-state index in [1.807, 2.05) is 59.4 Å². The molecule has 0 aliphatic carbocycles. The first kappa shape index (κ1) is 20.7. The van der Waals surface area contributed by atoms with E-state index in [2.05, 4.69) is 38.0 Å². The minimum absolute atomic E-state index is 0.0819. The minimum atomic E-state index is -0.0819. The lowest BCUT2D eigenvalue weighted by molar-refractivity contribution is -0.113. The molecule has 0 radical (unpaired) electrons. The molecule has 0 fully saturated rings. The van der Waals surface area contributed by atoms with Gasteiger partial charge in [0.2, 0.25) is 5.91 Å². The number of carbonyl (C=O) groups is 1. The van der Waals surface area contributed by atoms with Crippen LogP contribution in [0.25, 0.3) is 11.4 Å². The highest BCUT2D eigenvalue weighted by atomic mass is 79.9. The molecule has 28 heavy (non-hydrogen) atoms. The summed E-state index contributed by atoms with van der Waals surface area (Å²) >= 11 is 6.44. The number of carbonyl (C=O) groups excluding carboxylic acids is 1. The van der Waals surface area contributed by atoms with Gasteiger partial charge in [-0.05, 0) is 36.6 Å². The topological polar surface area (TPSA) is 59.8 Å². The molecule has 2 aromatic carbocycles. The average molecular weight is 475 g/mol. The highest BCUT2D eigenvalue weighted by molar-refractivity contribution is 9.10. The van der Waals surface area contributed by atoms with Crippen molar-refractivity contribution in [3.63, 3.8) is 0 Å². The summed E-state index contributed by atoms with van der Waals surface area (Å²) in [6, 6.07) is 15.7. The monoisotopic (exact) mass is 474 g/mol. The Morgan fingerprint density at radius 1 is 1.25 bits per heavy atom. The zero-order chi connectivity index (χ0) is 19.9. The SMILES string of the molecule is C=CCn1c(SCC(=O)Nc2cccc(SC)c2)nnc1-c1ccc(Br)cc1. The smallest absolute Gasteiger partial charge is 0.234 e. The predicted molar refractivity (Wildman–Crippen MR) is 121 cm³/mol. The molecule has 0 atom stereocenters. The van der Waals surface area contributed by atoms with Gasteiger partial charge in [-0.15, -0.1) is 28.5 Å². The Morgan fingerprint density at radius 2 is 2.04 bits per heavy atom. The Balaban J connectivity index is 1.70. The van der Waals surface area contributed by atoms with Crippen molar-refractivity contribution in [1.82, 2.24) is 14.8 Å². The van der Waals surface area contributed by atoms with Crippen molar-refractivity contribution in [2.75, 3.05) is 17.3 Å². The van der Waals surface area contributed by atoms with Crippen LogP contribution in [0.2, 0.25) is 0 Å². The lowest BCUT2D eigenvalue weighted by Gasteiger charge is -2.09. The lowest BCUT2D eigenvalue weighted by Crippen LogP contribution is -2.14. The first-order valence-electron chi connectivity index (χ1n) is 8.47. The third-order valence-corrected chi connectivity index (χ3v) is 6.04. The highest BCUT2D eigenvalue weighted by Crippen LogP contribution is 2.26. The second-order valence-electron chi connectivity index (χ2n) is 5.78. The van der Waals surface area contributed by atoms with Crippen LogP contribution in [0.3, 0.4) is 0 Å². The number of nitrogens with one attached hydrogen (secondary N) is 1. The second-order valence-corrected chi connectivity index (χ2v) is 8.52. The first-order valence-corrected chi connectivity index (χ1v) is 11.5. The highest BCUT2D eigenvalue weighted by Gasteiger charge is 2.15. The van der Waals surface area contributed by atoms with Gasteiger partial charge in [0.1, 0.15) is 0 Å². The molecule has 0 aliphatic rings. The lowest BCUT2D eigenvalue weighted by atomic mass is 10.2. The molecule has 3 rings (SSSR count). The van der Waals surface area contributed by atoms with E-state index in [9.17, 15) is 4.79 Å². The maximum Gasteiger partial charge on any atom is 0.234 e. The van der Waals surface area contributed by atoms with Crippen molar-refractivity contribution in [2.24, 2.45) is 0 Å². The number of hydrogen-bond acceptors (Lipinski definition) is 5. The molecular weight excluding hydrogens is 456 g/mol. The number of hydrogen-bond donors (Lipinski definition) is 1. The normalized spacial score (nSPS) is 10.6. The molecular formula is C20H19BrN4OS2. The van der Waals surface area contributed by atoms with Crippen LogP contribution in [0, 0.1) is 0 Å². The van der Waals surface area contributed by atoms with Gasteiger partial charge in [-0.25, -0.2) is 0 Å². The number of halogens is 1. The van der Waals surface area contributed by atoms with Crippen LogP contribution in [0.1, 0.15) is 0 Å². The maximum absolute atomic E-state index is 12.3. The van der Waals surface area contributed by atoms with Crippen molar-refractivity contribution >= 4 is 51.0 Å². The van der Waals surface area contributed by atoms with E-state index in [-0.39, 0.29) is 11.7 Å². The Bertz CT molecular complexity index is 973. The molecule has 0 unspecified atom stereocenters. The largest absolute Gasteiger partial charge is 0.325 e. The molecule has 5 nitrogen and oxygen atoms in total. The van der Waals surface area contributed by atoms with Crippen LogP contribution in [0.4, 0.5) is 5.69 Å². The van der Waals surface area contributed by atoms with Gasteiger partial charge in [-0.3, -0.25) is 9.36 Å². The molecule has 0 saturated carbocycles. The van der Waals surface area contributed by atoms with E-state index in [0.29, 0.717) is 11.7 Å². The molecule has 0 saturated heterocycles.